The molecule has 1 unspecified atom stereocenters. The molecule has 7 heteroatoms. The van der Waals surface area contributed by atoms with Crippen LogP contribution in [0, 0.1) is 0 Å². The summed E-state index contributed by atoms with van der Waals surface area (Å²) >= 11 is 0. The van der Waals surface area contributed by atoms with Crippen molar-refractivity contribution in [2.24, 2.45) is 5.16 Å². The van der Waals surface area contributed by atoms with Crippen molar-refractivity contribution in [2.75, 3.05) is 24.7 Å². The first-order chi connectivity index (χ1) is 16.0. The number of oxime groups is 1. The normalized spacial score (nSPS) is 16.6. The van der Waals surface area contributed by atoms with E-state index in [-0.39, 0.29) is 24.3 Å². The Morgan fingerprint density at radius 2 is 1.67 bits per heavy atom. The molecule has 1 heterocycles. The van der Waals surface area contributed by atoms with Gasteiger partial charge in [-0.1, -0.05) is 59.8 Å². The van der Waals surface area contributed by atoms with E-state index in [2.05, 4.69) is 10.5 Å². The van der Waals surface area contributed by atoms with Crippen LogP contribution in [0.15, 0.2) is 84.0 Å². The highest BCUT2D eigenvalue weighted by molar-refractivity contribution is 6.02. The van der Waals surface area contributed by atoms with E-state index in [1.54, 1.807) is 29.2 Å². The van der Waals surface area contributed by atoms with Gasteiger partial charge in [-0.05, 0) is 35.4 Å². The van der Waals surface area contributed by atoms with E-state index in [9.17, 15) is 9.59 Å². The van der Waals surface area contributed by atoms with Gasteiger partial charge in [-0.25, -0.2) is 0 Å². The van der Waals surface area contributed by atoms with Gasteiger partial charge in [0.25, 0.3) is 5.91 Å². The molecular formula is C26H26N4O3. The highest BCUT2D eigenvalue weighted by atomic mass is 16.6. The van der Waals surface area contributed by atoms with Crippen LogP contribution in [0.3, 0.4) is 0 Å². The number of anilines is 2. The lowest BCUT2D eigenvalue weighted by Gasteiger charge is -2.24. The predicted molar refractivity (Wildman–Crippen MR) is 130 cm³/mol. The Kier molecular flexibility index (Phi) is 6.69. The molecule has 1 saturated heterocycles. The van der Waals surface area contributed by atoms with Gasteiger partial charge in [-0.3, -0.25) is 9.59 Å². The average molecular weight is 443 g/mol. The summed E-state index contributed by atoms with van der Waals surface area (Å²) in [7, 11) is 1.47. The molecule has 3 N–H and O–H groups in total. The zero-order valence-electron chi connectivity index (χ0n) is 18.4. The summed E-state index contributed by atoms with van der Waals surface area (Å²) in [5.41, 5.74) is 10.4. The van der Waals surface area contributed by atoms with Crippen molar-refractivity contribution in [2.45, 2.75) is 18.9 Å². The van der Waals surface area contributed by atoms with E-state index in [1.165, 1.54) is 7.11 Å². The van der Waals surface area contributed by atoms with Crippen LogP contribution >= 0.6 is 0 Å². The minimum Gasteiger partial charge on any atom is -0.399 e. The number of carbonyl (C=O) groups excluding carboxylic acids is 2. The van der Waals surface area contributed by atoms with Crippen molar-refractivity contribution in [3.05, 3.63) is 84.4 Å². The Bertz CT molecular complexity index is 1160. The summed E-state index contributed by atoms with van der Waals surface area (Å²) in [6, 6.07) is 24.2. The Morgan fingerprint density at radius 1 is 1.00 bits per heavy atom. The fraction of sp³-hybridized carbons (Fsp3) is 0.192. The molecule has 1 atom stereocenters. The van der Waals surface area contributed by atoms with Crippen LogP contribution in [-0.4, -0.2) is 42.1 Å². The number of hydrogen-bond acceptors (Lipinski definition) is 5. The molecule has 0 spiro atoms. The fourth-order valence-electron chi connectivity index (χ4n) is 4.02. The molecule has 0 radical (unpaired) electrons. The van der Waals surface area contributed by atoms with Crippen molar-refractivity contribution in [3.63, 3.8) is 0 Å². The van der Waals surface area contributed by atoms with Gasteiger partial charge in [-0.15, -0.1) is 0 Å². The second-order valence-corrected chi connectivity index (χ2v) is 7.91. The topological polar surface area (TPSA) is 97.0 Å². The summed E-state index contributed by atoms with van der Waals surface area (Å²) in [4.78, 5) is 32.6. The maximum absolute atomic E-state index is 13.3. The van der Waals surface area contributed by atoms with E-state index < -0.39 is 0 Å². The predicted octanol–water partition coefficient (Wildman–Crippen LogP) is 4.18. The molecule has 1 fully saturated rings. The number of rotatable bonds is 6. The number of nitrogens with zero attached hydrogens (tertiary/aromatic N) is 2. The van der Waals surface area contributed by atoms with Crippen LogP contribution in [0.1, 0.15) is 23.2 Å². The zero-order valence-corrected chi connectivity index (χ0v) is 18.4. The van der Waals surface area contributed by atoms with Crippen molar-refractivity contribution in [1.29, 1.82) is 0 Å². The minimum atomic E-state index is -0.329. The quantitative estimate of drug-likeness (QED) is 0.442. The van der Waals surface area contributed by atoms with Crippen LogP contribution in [-0.2, 0) is 9.63 Å². The number of para-hydroxylation sites is 2. The van der Waals surface area contributed by atoms with E-state index in [0.29, 0.717) is 29.9 Å². The Labute approximate surface area is 192 Å². The summed E-state index contributed by atoms with van der Waals surface area (Å²) in [5.74, 6) is -0.360. The van der Waals surface area contributed by atoms with Gasteiger partial charge in [0.15, 0.2) is 0 Å². The second-order valence-electron chi connectivity index (χ2n) is 7.91. The summed E-state index contributed by atoms with van der Waals surface area (Å²) < 4.78 is 0. The molecular weight excluding hydrogens is 416 g/mol. The third-order valence-electron chi connectivity index (χ3n) is 5.64. The van der Waals surface area contributed by atoms with Crippen LogP contribution in [0.4, 0.5) is 11.4 Å². The first-order valence-electron chi connectivity index (χ1n) is 10.7. The molecule has 1 aliphatic rings. The molecule has 0 aliphatic carbocycles. The molecule has 2 amide bonds. The van der Waals surface area contributed by atoms with Crippen LogP contribution in [0.5, 0.6) is 0 Å². The third kappa shape index (κ3) is 5.20. The zero-order chi connectivity index (χ0) is 23.2. The number of amides is 2. The largest absolute Gasteiger partial charge is 0.399 e. The van der Waals surface area contributed by atoms with Gasteiger partial charge in [0, 0.05) is 24.4 Å². The standard InChI is InChI=1S/C26H26N4O3/c1-33-29-21-15-22(16-25(31)28-24-10-6-5-9-23(24)27)30(17-21)26(32)20-13-11-19(12-14-20)18-7-3-2-4-8-18/h2-14,22H,15-17,27H2,1H3,(H,28,31). The molecule has 4 rings (SSSR count). The van der Waals surface area contributed by atoms with Crippen LogP contribution in [0.25, 0.3) is 11.1 Å². The molecule has 168 valence electrons. The molecule has 0 aromatic heterocycles. The second kappa shape index (κ2) is 9.99. The highest BCUT2D eigenvalue weighted by Gasteiger charge is 2.35. The molecule has 0 bridgehead atoms. The number of nitrogen functional groups attached to an aromatic ring is 1. The Morgan fingerprint density at radius 3 is 2.36 bits per heavy atom. The smallest absolute Gasteiger partial charge is 0.254 e. The van der Waals surface area contributed by atoms with E-state index in [1.807, 2.05) is 54.6 Å². The lowest BCUT2D eigenvalue weighted by atomic mass is 10.0. The molecule has 1 aliphatic heterocycles. The van der Waals surface area contributed by atoms with Gasteiger partial charge >= 0.3 is 0 Å². The van der Waals surface area contributed by atoms with E-state index in [0.717, 1.165) is 16.8 Å². The third-order valence-corrected chi connectivity index (χ3v) is 5.64. The summed E-state index contributed by atoms with van der Waals surface area (Å²) in [5, 5.41) is 6.87. The van der Waals surface area contributed by atoms with Crippen molar-refractivity contribution in [3.8, 4) is 11.1 Å². The van der Waals surface area contributed by atoms with E-state index in [4.69, 9.17) is 10.6 Å². The first-order valence-corrected chi connectivity index (χ1v) is 10.7. The lowest BCUT2D eigenvalue weighted by molar-refractivity contribution is -0.117. The van der Waals surface area contributed by atoms with Gasteiger partial charge in [-0.2, -0.15) is 0 Å². The molecule has 33 heavy (non-hydrogen) atoms. The van der Waals surface area contributed by atoms with Crippen LogP contribution < -0.4 is 11.1 Å². The SMILES string of the molecule is CON=C1CC(CC(=O)Nc2ccccc2N)N(C(=O)c2ccc(-c3ccccc3)cc2)C1. The van der Waals surface area contributed by atoms with Crippen molar-refractivity contribution >= 4 is 28.9 Å². The van der Waals surface area contributed by atoms with Gasteiger partial charge in [0.05, 0.1) is 23.6 Å². The number of hydrogen-bond donors (Lipinski definition) is 2. The van der Waals surface area contributed by atoms with Gasteiger partial charge in [0.1, 0.15) is 7.11 Å². The van der Waals surface area contributed by atoms with Crippen molar-refractivity contribution < 1.29 is 14.4 Å². The summed E-state index contributed by atoms with van der Waals surface area (Å²) in [6.45, 7) is 0.318. The number of likely N-dealkylation sites (tertiary alicyclic amines) is 1. The lowest BCUT2D eigenvalue weighted by Crippen LogP contribution is -2.38. The number of nitrogens with two attached hydrogens (primary N) is 1. The van der Waals surface area contributed by atoms with E-state index >= 15 is 0 Å². The number of carbonyl (C=O) groups is 2. The average Bonchev–Trinajstić information content (AvgIpc) is 3.23. The number of benzene rings is 3. The first kappa shape index (κ1) is 22.1. The highest BCUT2D eigenvalue weighted by Crippen LogP contribution is 2.25. The van der Waals surface area contributed by atoms with Crippen molar-refractivity contribution in [1.82, 2.24) is 4.90 Å². The molecule has 0 saturated carbocycles. The minimum absolute atomic E-state index is 0.130. The molecule has 7 nitrogen and oxygen atoms in total. The Balaban J connectivity index is 1.50. The van der Waals surface area contributed by atoms with Gasteiger partial charge < -0.3 is 20.8 Å². The maximum atomic E-state index is 13.3. The molecule has 3 aromatic rings. The monoisotopic (exact) mass is 442 g/mol. The fourth-order valence-corrected chi connectivity index (χ4v) is 4.02. The Hall–Kier alpha value is -4.13. The van der Waals surface area contributed by atoms with Crippen LogP contribution in [0.2, 0.25) is 0 Å². The number of nitrogens with one attached hydrogen (secondary N) is 1. The van der Waals surface area contributed by atoms with Gasteiger partial charge in [0.2, 0.25) is 5.91 Å². The summed E-state index contributed by atoms with van der Waals surface area (Å²) in [6.07, 6.45) is 0.601. The maximum Gasteiger partial charge on any atom is 0.254 e. The molecule has 3 aromatic carbocycles.